The van der Waals surface area contributed by atoms with E-state index in [1.807, 2.05) is 0 Å². The second kappa shape index (κ2) is 1.94. The zero-order valence-electron chi connectivity index (χ0n) is 5.28. The molecule has 0 N–H and O–H groups in total. The van der Waals surface area contributed by atoms with E-state index in [4.69, 9.17) is 0 Å². The molecular formula is C5H12B2. The Morgan fingerprint density at radius 3 is 2.29 bits per heavy atom. The second-order valence-electron chi connectivity index (χ2n) is 3.02. The number of hydrogen-bond donors (Lipinski definition) is 0. The Morgan fingerprint density at radius 1 is 1.43 bits per heavy atom. The third-order valence-corrected chi connectivity index (χ3v) is 1.96. The summed E-state index contributed by atoms with van der Waals surface area (Å²) in [5.74, 6) is 1.02. The van der Waals surface area contributed by atoms with Crippen LogP contribution in [0, 0.1) is 0 Å². The monoisotopic (exact) mass is 94.1 g/mol. The predicted molar refractivity (Wildman–Crippen MR) is 38.0 cm³/mol. The van der Waals surface area contributed by atoms with Crippen LogP contribution in [0.25, 0.3) is 0 Å². The van der Waals surface area contributed by atoms with Gasteiger partial charge in [0.05, 0.1) is 0 Å². The largest absolute Gasteiger partial charge is 0.118 e. The van der Waals surface area contributed by atoms with Crippen molar-refractivity contribution >= 4 is 14.6 Å². The summed E-state index contributed by atoms with van der Waals surface area (Å²) in [6, 6.07) is 0. The molecule has 0 saturated carbocycles. The van der Waals surface area contributed by atoms with Crippen molar-refractivity contribution < 1.29 is 0 Å². The Labute approximate surface area is 47.2 Å². The first-order chi connectivity index (χ1) is 3.29. The van der Waals surface area contributed by atoms with Gasteiger partial charge in [-0.15, -0.1) is 0 Å². The standard InChI is InChI=1S/C5H12B2/c1-4-3-6-5(2)7-4/h4-7H,3H2,1-2H3. The lowest BCUT2D eigenvalue weighted by Gasteiger charge is -1.94. The molecule has 0 aromatic carbocycles. The van der Waals surface area contributed by atoms with Gasteiger partial charge < -0.3 is 0 Å². The van der Waals surface area contributed by atoms with Gasteiger partial charge in [-0.1, -0.05) is 31.7 Å². The third-order valence-electron chi connectivity index (χ3n) is 1.96. The van der Waals surface area contributed by atoms with Crippen molar-refractivity contribution in [3.63, 3.8) is 0 Å². The van der Waals surface area contributed by atoms with Crippen molar-refractivity contribution in [2.24, 2.45) is 0 Å². The SMILES string of the molecule is CC1BCC(C)B1. The zero-order valence-corrected chi connectivity index (χ0v) is 5.28. The lowest BCUT2D eigenvalue weighted by atomic mass is 9.54. The summed E-state index contributed by atoms with van der Waals surface area (Å²) in [7, 11) is 2.95. The van der Waals surface area contributed by atoms with Gasteiger partial charge in [0.1, 0.15) is 14.6 Å². The molecule has 0 aromatic rings. The smallest absolute Gasteiger partial charge is 0.0920 e. The van der Waals surface area contributed by atoms with E-state index in [0.29, 0.717) is 0 Å². The van der Waals surface area contributed by atoms with Crippen LogP contribution in [-0.4, -0.2) is 14.6 Å². The first-order valence-corrected chi connectivity index (χ1v) is 3.29. The maximum atomic E-state index is 2.35. The fraction of sp³-hybridized carbons (Fsp3) is 1.00. The van der Waals surface area contributed by atoms with Crippen molar-refractivity contribution in [2.45, 2.75) is 31.7 Å². The number of hydrogen-bond acceptors (Lipinski definition) is 0. The molecule has 1 rings (SSSR count). The highest BCUT2D eigenvalue weighted by atomic mass is 13.9. The molecule has 1 heterocycles. The summed E-state index contributed by atoms with van der Waals surface area (Å²) >= 11 is 0. The van der Waals surface area contributed by atoms with Crippen molar-refractivity contribution in [3.05, 3.63) is 0 Å². The normalized spacial score (nSPS) is 39.7. The molecule has 38 valence electrons. The molecule has 0 radical (unpaired) electrons. The molecule has 0 aliphatic carbocycles. The predicted octanol–water partition coefficient (Wildman–Crippen LogP) is 0.866. The van der Waals surface area contributed by atoms with Gasteiger partial charge in [0.15, 0.2) is 0 Å². The Morgan fingerprint density at radius 2 is 2.14 bits per heavy atom. The lowest BCUT2D eigenvalue weighted by molar-refractivity contribution is 1.07. The lowest BCUT2D eigenvalue weighted by Crippen LogP contribution is -1.94. The van der Waals surface area contributed by atoms with Gasteiger partial charge in [0.2, 0.25) is 0 Å². The maximum Gasteiger partial charge on any atom is 0.118 e. The Kier molecular flexibility index (Phi) is 1.46. The summed E-state index contributed by atoms with van der Waals surface area (Å²) in [5.41, 5.74) is 1.02. The van der Waals surface area contributed by atoms with Crippen molar-refractivity contribution in [3.8, 4) is 0 Å². The highest BCUT2D eigenvalue weighted by Gasteiger charge is 2.19. The zero-order chi connectivity index (χ0) is 5.28. The van der Waals surface area contributed by atoms with Crippen LogP contribution in [0.2, 0.25) is 17.9 Å². The van der Waals surface area contributed by atoms with E-state index in [2.05, 4.69) is 13.8 Å². The fourth-order valence-electron chi connectivity index (χ4n) is 1.49. The summed E-state index contributed by atoms with van der Waals surface area (Å²) in [6.45, 7) is 4.70. The highest BCUT2D eigenvalue weighted by molar-refractivity contribution is 6.65. The second-order valence-corrected chi connectivity index (χ2v) is 3.02. The van der Waals surface area contributed by atoms with Gasteiger partial charge in [-0.2, -0.15) is 0 Å². The minimum Gasteiger partial charge on any atom is -0.0920 e. The van der Waals surface area contributed by atoms with E-state index in [-0.39, 0.29) is 0 Å². The van der Waals surface area contributed by atoms with Crippen LogP contribution < -0.4 is 0 Å². The minimum absolute atomic E-state index is 1.02. The molecule has 1 fully saturated rings. The van der Waals surface area contributed by atoms with Crippen LogP contribution >= 0.6 is 0 Å². The maximum absolute atomic E-state index is 2.35. The molecule has 0 spiro atoms. The Bertz CT molecular complexity index is 55.1. The summed E-state index contributed by atoms with van der Waals surface area (Å²) in [5, 5.41) is 0. The highest BCUT2D eigenvalue weighted by Crippen LogP contribution is 2.24. The van der Waals surface area contributed by atoms with Gasteiger partial charge in [0, 0.05) is 0 Å². The molecule has 1 aliphatic heterocycles. The Balaban J connectivity index is 2.26. The minimum atomic E-state index is 1.02. The first-order valence-electron chi connectivity index (χ1n) is 3.29. The van der Waals surface area contributed by atoms with Crippen LogP contribution in [-0.2, 0) is 0 Å². The molecule has 2 atom stereocenters. The van der Waals surface area contributed by atoms with E-state index < -0.39 is 0 Å². The van der Waals surface area contributed by atoms with Crippen LogP contribution in [0.4, 0.5) is 0 Å². The van der Waals surface area contributed by atoms with E-state index in [0.717, 1.165) is 11.5 Å². The van der Waals surface area contributed by atoms with E-state index in [9.17, 15) is 0 Å². The molecule has 0 nitrogen and oxygen atoms in total. The van der Waals surface area contributed by atoms with Crippen molar-refractivity contribution in [1.29, 1.82) is 0 Å². The van der Waals surface area contributed by atoms with E-state index >= 15 is 0 Å². The van der Waals surface area contributed by atoms with Gasteiger partial charge in [0.25, 0.3) is 0 Å². The van der Waals surface area contributed by atoms with E-state index in [1.54, 1.807) is 0 Å². The van der Waals surface area contributed by atoms with Crippen LogP contribution in [0.3, 0.4) is 0 Å². The third kappa shape index (κ3) is 1.25. The van der Waals surface area contributed by atoms with Gasteiger partial charge >= 0.3 is 0 Å². The average molecular weight is 93.8 g/mol. The molecule has 0 bridgehead atoms. The average Bonchev–Trinajstić information content (AvgIpc) is 1.87. The summed E-state index contributed by atoms with van der Waals surface area (Å²) in [4.78, 5) is 0. The molecule has 2 heteroatoms. The Hall–Kier alpha value is 0.130. The molecule has 7 heavy (non-hydrogen) atoms. The molecular weight excluding hydrogens is 81.7 g/mol. The van der Waals surface area contributed by atoms with Gasteiger partial charge in [-0.25, -0.2) is 0 Å². The molecule has 0 amide bonds. The first kappa shape index (κ1) is 5.27. The fourth-order valence-corrected chi connectivity index (χ4v) is 1.49. The topological polar surface area (TPSA) is 0 Å². The molecule has 2 unspecified atom stereocenters. The van der Waals surface area contributed by atoms with Crippen molar-refractivity contribution in [2.75, 3.05) is 0 Å². The van der Waals surface area contributed by atoms with Gasteiger partial charge in [-0.3, -0.25) is 0 Å². The van der Waals surface area contributed by atoms with Crippen LogP contribution in [0.5, 0.6) is 0 Å². The quantitative estimate of drug-likeness (QED) is 0.390. The molecule has 0 aromatic heterocycles. The molecule has 1 aliphatic rings. The summed E-state index contributed by atoms with van der Waals surface area (Å²) in [6.07, 6.45) is 1.47. The number of rotatable bonds is 0. The van der Waals surface area contributed by atoms with E-state index in [1.165, 1.54) is 20.9 Å². The van der Waals surface area contributed by atoms with Crippen LogP contribution in [0.15, 0.2) is 0 Å². The summed E-state index contributed by atoms with van der Waals surface area (Å²) < 4.78 is 0. The van der Waals surface area contributed by atoms with Crippen LogP contribution in [0.1, 0.15) is 13.8 Å². The van der Waals surface area contributed by atoms with Gasteiger partial charge in [-0.05, 0) is 0 Å². The van der Waals surface area contributed by atoms with Crippen molar-refractivity contribution in [1.82, 2.24) is 0 Å². The molecule has 1 saturated heterocycles.